The molecule has 0 aliphatic heterocycles. The fraction of sp³-hybridized carbons (Fsp3) is 0.545. The number of nitrogens with one attached hydrogen (secondary N) is 1. The highest BCUT2D eigenvalue weighted by molar-refractivity contribution is 5.33. The summed E-state index contributed by atoms with van der Waals surface area (Å²) in [6.07, 6.45) is 0. The van der Waals surface area contributed by atoms with Crippen molar-refractivity contribution in [3.05, 3.63) is 24.1 Å². The molecular formula is C11H17FN2O. The van der Waals surface area contributed by atoms with Crippen LogP contribution < -0.4 is 5.32 Å². The van der Waals surface area contributed by atoms with Gasteiger partial charge in [0.1, 0.15) is 5.82 Å². The molecule has 0 amide bonds. The molecule has 0 spiro atoms. The highest BCUT2D eigenvalue weighted by Gasteiger charge is 2.24. The molecule has 0 fully saturated rings. The van der Waals surface area contributed by atoms with Crippen LogP contribution in [-0.4, -0.2) is 22.2 Å². The number of pyridine rings is 1. The van der Waals surface area contributed by atoms with Crippen molar-refractivity contribution in [3.8, 4) is 0 Å². The minimum Gasteiger partial charge on any atom is -0.388 e. The lowest BCUT2D eigenvalue weighted by atomic mass is 9.93. The van der Waals surface area contributed by atoms with Crippen LogP contribution in [0, 0.1) is 11.9 Å². The minimum absolute atomic E-state index is 0.124. The molecule has 3 nitrogen and oxygen atoms in total. The number of aromatic nitrogens is 1. The minimum atomic E-state index is -0.825. The molecule has 1 aromatic rings. The Morgan fingerprint density at radius 1 is 1.53 bits per heavy atom. The van der Waals surface area contributed by atoms with Gasteiger partial charge in [0.2, 0.25) is 5.95 Å². The molecule has 0 bridgehead atoms. The highest BCUT2D eigenvalue weighted by Crippen LogP contribution is 2.16. The van der Waals surface area contributed by atoms with Gasteiger partial charge in [-0.2, -0.15) is 4.39 Å². The summed E-state index contributed by atoms with van der Waals surface area (Å²) in [4.78, 5) is 3.65. The Labute approximate surface area is 89.4 Å². The Hall–Kier alpha value is -1.16. The van der Waals surface area contributed by atoms with Crippen molar-refractivity contribution in [2.45, 2.75) is 26.4 Å². The highest BCUT2D eigenvalue weighted by atomic mass is 19.1. The smallest absolute Gasteiger partial charge is 0.214 e. The van der Waals surface area contributed by atoms with E-state index in [9.17, 15) is 9.50 Å². The number of aliphatic hydroxyl groups is 1. The predicted octanol–water partition coefficient (Wildman–Crippen LogP) is 2.04. The maximum atomic E-state index is 12.7. The molecule has 1 atom stereocenters. The molecule has 1 rings (SSSR count). The standard InChI is InChI=1S/C11H17FN2O/c1-8(2)11(3,15)7-13-10-6-4-5-9(12)14-10/h4-6,8,15H,7H2,1-3H3,(H,13,14). The van der Waals surface area contributed by atoms with Gasteiger partial charge in [-0.25, -0.2) is 4.98 Å². The van der Waals surface area contributed by atoms with E-state index in [0.29, 0.717) is 12.4 Å². The van der Waals surface area contributed by atoms with Crippen molar-refractivity contribution in [2.24, 2.45) is 5.92 Å². The summed E-state index contributed by atoms with van der Waals surface area (Å²) in [5.74, 6) is 0.0404. The summed E-state index contributed by atoms with van der Waals surface area (Å²) < 4.78 is 12.7. The number of hydrogen-bond acceptors (Lipinski definition) is 3. The molecule has 1 heterocycles. The van der Waals surface area contributed by atoms with E-state index in [2.05, 4.69) is 10.3 Å². The average Bonchev–Trinajstić information content (AvgIpc) is 2.15. The monoisotopic (exact) mass is 212 g/mol. The molecule has 0 aliphatic rings. The normalized spacial score (nSPS) is 15.1. The van der Waals surface area contributed by atoms with Crippen molar-refractivity contribution >= 4 is 5.82 Å². The van der Waals surface area contributed by atoms with Crippen LogP contribution in [0.5, 0.6) is 0 Å². The van der Waals surface area contributed by atoms with Crippen LogP contribution in [0.3, 0.4) is 0 Å². The van der Waals surface area contributed by atoms with Gasteiger partial charge in [0, 0.05) is 6.54 Å². The van der Waals surface area contributed by atoms with Gasteiger partial charge >= 0.3 is 0 Å². The van der Waals surface area contributed by atoms with Crippen molar-refractivity contribution in [2.75, 3.05) is 11.9 Å². The zero-order chi connectivity index (χ0) is 11.5. The number of nitrogens with zero attached hydrogens (tertiary/aromatic N) is 1. The topological polar surface area (TPSA) is 45.1 Å². The lowest BCUT2D eigenvalue weighted by molar-refractivity contribution is 0.0265. The van der Waals surface area contributed by atoms with Gasteiger partial charge in [-0.15, -0.1) is 0 Å². The zero-order valence-corrected chi connectivity index (χ0v) is 9.29. The molecule has 0 aliphatic carbocycles. The van der Waals surface area contributed by atoms with Gasteiger partial charge in [0.25, 0.3) is 0 Å². The zero-order valence-electron chi connectivity index (χ0n) is 9.29. The maximum absolute atomic E-state index is 12.7. The first kappa shape index (κ1) is 11.9. The van der Waals surface area contributed by atoms with Crippen LogP contribution in [0.2, 0.25) is 0 Å². The van der Waals surface area contributed by atoms with Crippen LogP contribution in [0.25, 0.3) is 0 Å². The van der Waals surface area contributed by atoms with Gasteiger partial charge in [-0.05, 0) is 25.0 Å². The number of halogens is 1. The second-order valence-corrected chi connectivity index (χ2v) is 4.21. The van der Waals surface area contributed by atoms with Crippen LogP contribution in [0.1, 0.15) is 20.8 Å². The third kappa shape index (κ3) is 3.47. The molecule has 84 valence electrons. The van der Waals surface area contributed by atoms with Crippen molar-refractivity contribution in [1.82, 2.24) is 4.98 Å². The molecule has 15 heavy (non-hydrogen) atoms. The SMILES string of the molecule is CC(C)C(C)(O)CNc1cccc(F)n1. The lowest BCUT2D eigenvalue weighted by Crippen LogP contribution is -2.38. The second kappa shape index (κ2) is 4.57. The average molecular weight is 212 g/mol. The van der Waals surface area contributed by atoms with E-state index in [1.54, 1.807) is 19.1 Å². The van der Waals surface area contributed by atoms with E-state index in [0.717, 1.165) is 0 Å². The number of anilines is 1. The lowest BCUT2D eigenvalue weighted by Gasteiger charge is -2.28. The molecule has 4 heteroatoms. The summed E-state index contributed by atoms with van der Waals surface area (Å²) in [7, 11) is 0. The Balaban J connectivity index is 2.57. The molecule has 1 unspecified atom stereocenters. The second-order valence-electron chi connectivity index (χ2n) is 4.21. The molecule has 1 aromatic heterocycles. The van der Waals surface area contributed by atoms with E-state index in [-0.39, 0.29) is 5.92 Å². The Morgan fingerprint density at radius 2 is 2.20 bits per heavy atom. The largest absolute Gasteiger partial charge is 0.388 e. The number of rotatable bonds is 4. The van der Waals surface area contributed by atoms with Crippen LogP contribution in [0.4, 0.5) is 10.2 Å². The van der Waals surface area contributed by atoms with E-state index in [4.69, 9.17) is 0 Å². The molecule has 0 saturated carbocycles. The fourth-order valence-electron chi connectivity index (χ4n) is 0.980. The molecule has 0 saturated heterocycles. The van der Waals surface area contributed by atoms with E-state index in [1.165, 1.54) is 6.07 Å². The predicted molar refractivity (Wildman–Crippen MR) is 58.1 cm³/mol. The van der Waals surface area contributed by atoms with E-state index < -0.39 is 11.5 Å². The van der Waals surface area contributed by atoms with Gasteiger partial charge in [-0.1, -0.05) is 19.9 Å². The Bertz CT molecular complexity index is 326. The summed E-state index contributed by atoms with van der Waals surface area (Å²) >= 11 is 0. The third-order valence-corrected chi connectivity index (χ3v) is 2.59. The van der Waals surface area contributed by atoms with Gasteiger partial charge < -0.3 is 10.4 Å². The van der Waals surface area contributed by atoms with Gasteiger partial charge in [0.15, 0.2) is 0 Å². The molecule has 0 radical (unpaired) electrons. The molecular weight excluding hydrogens is 195 g/mol. The number of hydrogen-bond donors (Lipinski definition) is 2. The fourth-order valence-corrected chi connectivity index (χ4v) is 0.980. The summed E-state index contributed by atoms with van der Waals surface area (Å²) in [6, 6.07) is 4.53. The Morgan fingerprint density at radius 3 is 2.73 bits per heavy atom. The van der Waals surface area contributed by atoms with Crippen molar-refractivity contribution in [3.63, 3.8) is 0 Å². The first-order chi connectivity index (χ1) is 6.92. The van der Waals surface area contributed by atoms with Crippen molar-refractivity contribution < 1.29 is 9.50 Å². The van der Waals surface area contributed by atoms with Gasteiger partial charge in [0.05, 0.1) is 5.60 Å². The molecule has 2 N–H and O–H groups in total. The van der Waals surface area contributed by atoms with Crippen LogP contribution in [0.15, 0.2) is 18.2 Å². The Kier molecular flexibility index (Phi) is 3.63. The van der Waals surface area contributed by atoms with E-state index >= 15 is 0 Å². The maximum Gasteiger partial charge on any atom is 0.214 e. The quantitative estimate of drug-likeness (QED) is 0.751. The van der Waals surface area contributed by atoms with E-state index in [1.807, 2.05) is 13.8 Å². The van der Waals surface area contributed by atoms with Gasteiger partial charge in [-0.3, -0.25) is 0 Å². The summed E-state index contributed by atoms with van der Waals surface area (Å²) in [5, 5.41) is 12.8. The molecule has 0 aromatic carbocycles. The van der Waals surface area contributed by atoms with Crippen LogP contribution in [-0.2, 0) is 0 Å². The summed E-state index contributed by atoms with van der Waals surface area (Å²) in [6.45, 7) is 5.95. The first-order valence-electron chi connectivity index (χ1n) is 5.00. The van der Waals surface area contributed by atoms with Crippen molar-refractivity contribution in [1.29, 1.82) is 0 Å². The van der Waals surface area contributed by atoms with Crippen LogP contribution >= 0.6 is 0 Å². The first-order valence-corrected chi connectivity index (χ1v) is 5.00. The summed E-state index contributed by atoms with van der Waals surface area (Å²) in [5.41, 5.74) is -0.825. The third-order valence-electron chi connectivity index (χ3n) is 2.59.